The fourth-order valence-corrected chi connectivity index (χ4v) is 3.46. The lowest BCUT2D eigenvalue weighted by atomic mass is 9.79. The van der Waals surface area contributed by atoms with Crippen molar-refractivity contribution >= 4 is 17.3 Å². The summed E-state index contributed by atoms with van der Waals surface area (Å²) in [6.45, 7) is 8.73. The number of hydrogen-bond donors (Lipinski definition) is 2. The summed E-state index contributed by atoms with van der Waals surface area (Å²) in [6.07, 6.45) is 4.02. The van der Waals surface area contributed by atoms with Gasteiger partial charge in [0.15, 0.2) is 5.72 Å². The topological polar surface area (TPSA) is 32.3 Å². The summed E-state index contributed by atoms with van der Waals surface area (Å²) in [5.74, 6) is 0. The van der Waals surface area contributed by atoms with Crippen molar-refractivity contribution in [2.45, 2.75) is 64.5 Å². The number of hydrogen-bond acceptors (Lipinski definition) is 2. The number of aliphatic hydroxyl groups is 1. The minimum absolute atomic E-state index is 0.0442. The number of unbranched alkanes of at least 4 members (excludes halogenated alkanes) is 1. The van der Waals surface area contributed by atoms with Gasteiger partial charge in [-0.25, -0.2) is 0 Å². The molecule has 0 amide bonds. The van der Waals surface area contributed by atoms with E-state index in [1.54, 1.807) is 0 Å². The van der Waals surface area contributed by atoms with Crippen LogP contribution in [0.3, 0.4) is 0 Å². The van der Waals surface area contributed by atoms with Crippen molar-refractivity contribution in [1.82, 2.24) is 0 Å². The van der Waals surface area contributed by atoms with Gasteiger partial charge in [-0.05, 0) is 42.0 Å². The monoisotopic (exact) mass is 359 g/mol. The summed E-state index contributed by atoms with van der Waals surface area (Å²) in [4.78, 5) is 0. The van der Waals surface area contributed by atoms with Gasteiger partial charge >= 0.3 is 0 Å². The van der Waals surface area contributed by atoms with E-state index < -0.39 is 5.72 Å². The van der Waals surface area contributed by atoms with E-state index in [2.05, 4.69) is 38.2 Å². The van der Waals surface area contributed by atoms with E-state index in [9.17, 15) is 5.11 Å². The standard InChI is InChI=1S/C22H30ClNO/c1-5-7-15-21(3,4)19-13-8-9-14-20(19)24-22(25,6-2)17-11-10-12-18(23)16-17/h8-14,16,24-25H,5-7,15H2,1-4H3. The molecule has 0 aliphatic rings. The first-order valence-electron chi connectivity index (χ1n) is 9.18. The maximum Gasteiger partial charge on any atom is 0.161 e. The third kappa shape index (κ3) is 4.77. The molecular formula is C22H30ClNO. The van der Waals surface area contributed by atoms with Crippen LogP contribution in [-0.2, 0) is 11.1 Å². The molecule has 0 fully saturated rings. The first-order chi connectivity index (χ1) is 11.8. The van der Waals surface area contributed by atoms with Crippen LogP contribution in [-0.4, -0.2) is 5.11 Å². The zero-order chi connectivity index (χ0) is 18.5. The Labute approximate surface area is 157 Å². The van der Waals surface area contributed by atoms with Gasteiger partial charge in [-0.2, -0.15) is 0 Å². The summed E-state index contributed by atoms with van der Waals surface area (Å²) in [6, 6.07) is 15.7. The number of halogens is 1. The van der Waals surface area contributed by atoms with Crippen LogP contribution >= 0.6 is 11.6 Å². The third-order valence-corrected chi connectivity index (χ3v) is 5.20. The molecule has 2 aromatic rings. The second-order valence-electron chi connectivity index (χ2n) is 7.38. The van der Waals surface area contributed by atoms with Crippen molar-refractivity contribution in [3.05, 3.63) is 64.7 Å². The molecule has 0 aromatic heterocycles. The molecule has 25 heavy (non-hydrogen) atoms. The molecule has 0 aliphatic carbocycles. The smallest absolute Gasteiger partial charge is 0.161 e. The Balaban J connectivity index is 2.38. The SMILES string of the molecule is CCCCC(C)(C)c1ccccc1NC(O)(CC)c1cccc(Cl)c1. The fourth-order valence-electron chi connectivity index (χ4n) is 3.27. The fraction of sp³-hybridized carbons (Fsp3) is 0.455. The van der Waals surface area contributed by atoms with Gasteiger partial charge in [0.05, 0.1) is 0 Å². The molecule has 0 bridgehead atoms. The first-order valence-corrected chi connectivity index (χ1v) is 9.56. The molecule has 2 nitrogen and oxygen atoms in total. The first kappa shape index (κ1) is 19.8. The maximum absolute atomic E-state index is 11.3. The van der Waals surface area contributed by atoms with Gasteiger partial charge in [0.2, 0.25) is 0 Å². The lowest BCUT2D eigenvalue weighted by Crippen LogP contribution is -2.35. The molecule has 0 spiro atoms. The lowest BCUT2D eigenvalue weighted by Gasteiger charge is -2.34. The molecule has 2 N–H and O–H groups in total. The van der Waals surface area contributed by atoms with Crippen LogP contribution in [0.1, 0.15) is 64.5 Å². The summed E-state index contributed by atoms with van der Waals surface area (Å²) in [5, 5.41) is 15.3. The van der Waals surface area contributed by atoms with Gasteiger partial charge in [0.25, 0.3) is 0 Å². The van der Waals surface area contributed by atoms with Gasteiger partial charge in [0, 0.05) is 16.3 Å². The van der Waals surface area contributed by atoms with Gasteiger partial charge in [-0.15, -0.1) is 0 Å². The molecule has 136 valence electrons. The Morgan fingerprint density at radius 3 is 2.40 bits per heavy atom. The lowest BCUT2D eigenvalue weighted by molar-refractivity contribution is 0.0630. The van der Waals surface area contributed by atoms with Crippen LogP contribution in [0, 0.1) is 0 Å². The van der Waals surface area contributed by atoms with E-state index in [1.165, 1.54) is 18.4 Å². The summed E-state index contributed by atoms with van der Waals surface area (Å²) >= 11 is 6.13. The normalized spacial score (nSPS) is 14.2. The van der Waals surface area contributed by atoms with E-state index in [4.69, 9.17) is 11.6 Å². The number of para-hydroxylation sites is 1. The van der Waals surface area contributed by atoms with E-state index in [0.29, 0.717) is 11.4 Å². The van der Waals surface area contributed by atoms with Crippen LogP contribution in [0.15, 0.2) is 48.5 Å². The molecule has 0 heterocycles. The zero-order valence-electron chi connectivity index (χ0n) is 15.8. The molecule has 2 aromatic carbocycles. The Morgan fingerprint density at radius 1 is 1.04 bits per heavy atom. The van der Waals surface area contributed by atoms with Gasteiger partial charge in [-0.1, -0.05) is 82.5 Å². The van der Waals surface area contributed by atoms with Gasteiger partial charge in [-0.3, -0.25) is 0 Å². The second kappa shape index (κ2) is 8.25. The van der Waals surface area contributed by atoms with Crippen LogP contribution in [0.5, 0.6) is 0 Å². The quantitative estimate of drug-likeness (QED) is 0.529. The molecule has 1 atom stereocenters. The predicted octanol–water partition coefficient (Wildman–Crippen LogP) is 6.48. The number of benzene rings is 2. The Morgan fingerprint density at radius 2 is 1.76 bits per heavy atom. The third-order valence-electron chi connectivity index (χ3n) is 4.97. The number of rotatable bonds is 8. The highest BCUT2D eigenvalue weighted by Gasteiger charge is 2.30. The average Bonchev–Trinajstić information content (AvgIpc) is 2.60. The number of nitrogens with one attached hydrogen (secondary N) is 1. The van der Waals surface area contributed by atoms with Crippen molar-refractivity contribution < 1.29 is 5.11 Å². The van der Waals surface area contributed by atoms with Gasteiger partial charge in [0.1, 0.15) is 0 Å². The second-order valence-corrected chi connectivity index (χ2v) is 7.82. The van der Waals surface area contributed by atoms with Crippen molar-refractivity contribution in [3.63, 3.8) is 0 Å². The van der Waals surface area contributed by atoms with Crippen molar-refractivity contribution in [2.24, 2.45) is 0 Å². The molecule has 2 rings (SSSR count). The van der Waals surface area contributed by atoms with Crippen molar-refractivity contribution in [2.75, 3.05) is 5.32 Å². The van der Waals surface area contributed by atoms with E-state index in [-0.39, 0.29) is 5.41 Å². The van der Waals surface area contributed by atoms with Crippen LogP contribution in [0.2, 0.25) is 5.02 Å². The van der Waals surface area contributed by atoms with Crippen molar-refractivity contribution in [1.29, 1.82) is 0 Å². The molecule has 0 aliphatic heterocycles. The van der Waals surface area contributed by atoms with Gasteiger partial charge < -0.3 is 10.4 Å². The highest BCUT2D eigenvalue weighted by atomic mass is 35.5. The molecule has 1 unspecified atom stereocenters. The highest BCUT2D eigenvalue weighted by molar-refractivity contribution is 6.30. The summed E-state index contributed by atoms with van der Waals surface area (Å²) < 4.78 is 0. The largest absolute Gasteiger partial charge is 0.367 e. The minimum atomic E-state index is -1.15. The van der Waals surface area contributed by atoms with E-state index in [1.807, 2.05) is 43.3 Å². The summed E-state index contributed by atoms with van der Waals surface area (Å²) in [7, 11) is 0. The maximum atomic E-state index is 11.3. The molecular weight excluding hydrogens is 330 g/mol. The van der Waals surface area contributed by atoms with Crippen LogP contribution in [0.4, 0.5) is 5.69 Å². The Hall–Kier alpha value is -1.51. The Kier molecular flexibility index (Phi) is 6.53. The van der Waals surface area contributed by atoms with Crippen LogP contribution in [0.25, 0.3) is 0 Å². The Bertz CT molecular complexity index is 698. The molecule has 3 heteroatoms. The number of anilines is 1. The zero-order valence-corrected chi connectivity index (χ0v) is 16.5. The molecule has 0 radical (unpaired) electrons. The van der Waals surface area contributed by atoms with E-state index >= 15 is 0 Å². The minimum Gasteiger partial charge on any atom is -0.367 e. The summed E-state index contributed by atoms with van der Waals surface area (Å²) in [5.41, 5.74) is 1.89. The highest BCUT2D eigenvalue weighted by Crippen LogP contribution is 2.37. The average molecular weight is 360 g/mol. The predicted molar refractivity (Wildman–Crippen MR) is 108 cm³/mol. The molecule has 0 saturated carbocycles. The van der Waals surface area contributed by atoms with Crippen molar-refractivity contribution in [3.8, 4) is 0 Å². The van der Waals surface area contributed by atoms with Crippen LogP contribution < -0.4 is 5.32 Å². The van der Waals surface area contributed by atoms with E-state index in [0.717, 1.165) is 17.7 Å². The molecule has 0 saturated heterocycles.